The summed E-state index contributed by atoms with van der Waals surface area (Å²) in [6, 6.07) is 9.49. The molecule has 1 heterocycles. The Bertz CT molecular complexity index is 604. The van der Waals surface area contributed by atoms with Crippen molar-refractivity contribution >= 4 is 28.6 Å². The highest BCUT2D eigenvalue weighted by atomic mass is 35.5. The summed E-state index contributed by atoms with van der Waals surface area (Å²) in [7, 11) is 0. The Labute approximate surface area is 121 Å². The van der Waals surface area contributed by atoms with E-state index in [1.807, 2.05) is 30.5 Å². The van der Waals surface area contributed by atoms with Crippen LogP contribution in [0.15, 0.2) is 29.6 Å². The highest BCUT2D eigenvalue weighted by molar-refractivity contribution is 7.10. The van der Waals surface area contributed by atoms with Gasteiger partial charge in [0.05, 0.1) is 17.9 Å². The molecule has 0 saturated heterocycles. The van der Waals surface area contributed by atoms with E-state index in [1.54, 1.807) is 17.4 Å². The van der Waals surface area contributed by atoms with E-state index in [1.165, 1.54) is 0 Å². The molecule has 3 nitrogen and oxygen atoms in total. The molecule has 0 spiro atoms. The molecule has 0 atom stereocenters. The molecular weight excluding hydrogens is 280 g/mol. The summed E-state index contributed by atoms with van der Waals surface area (Å²) in [6.07, 6.45) is 0. The predicted molar refractivity (Wildman–Crippen MR) is 79.0 cm³/mol. The van der Waals surface area contributed by atoms with Gasteiger partial charge in [0.1, 0.15) is 11.8 Å². The van der Waals surface area contributed by atoms with Gasteiger partial charge in [-0.3, -0.25) is 0 Å². The number of nitrogens with zero attached hydrogens (tertiary/aromatic N) is 1. The zero-order valence-corrected chi connectivity index (χ0v) is 12.0. The molecule has 1 aromatic carbocycles. The van der Waals surface area contributed by atoms with Crippen LogP contribution in [0.3, 0.4) is 0 Å². The van der Waals surface area contributed by atoms with E-state index in [0.29, 0.717) is 23.7 Å². The summed E-state index contributed by atoms with van der Waals surface area (Å²) in [4.78, 5) is 1.10. The number of ether oxygens (including phenoxy) is 1. The Hall–Kier alpha value is -1.70. The van der Waals surface area contributed by atoms with E-state index in [2.05, 4.69) is 11.4 Å². The van der Waals surface area contributed by atoms with Gasteiger partial charge >= 0.3 is 0 Å². The number of rotatable bonds is 5. The van der Waals surface area contributed by atoms with Crippen molar-refractivity contribution in [1.82, 2.24) is 0 Å². The summed E-state index contributed by atoms with van der Waals surface area (Å²) >= 11 is 7.55. The largest absolute Gasteiger partial charge is 0.492 e. The van der Waals surface area contributed by atoms with E-state index in [4.69, 9.17) is 21.6 Å². The van der Waals surface area contributed by atoms with Crippen LogP contribution in [0.4, 0.5) is 5.69 Å². The van der Waals surface area contributed by atoms with Crippen molar-refractivity contribution < 1.29 is 4.74 Å². The fourth-order valence-electron chi connectivity index (χ4n) is 1.64. The van der Waals surface area contributed by atoms with Crippen molar-refractivity contribution in [2.75, 3.05) is 11.9 Å². The molecule has 0 aliphatic heterocycles. The number of benzene rings is 1. The fourth-order valence-corrected chi connectivity index (χ4v) is 2.56. The number of thiophene rings is 1. The number of nitrogens with one attached hydrogen (secondary N) is 1. The van der Waals surface area contributed by atoms with E-state index >= 15 is 0 Å². The third-order valence-corrected chi connectivity index (χ3v) is 3.65. The molecule has 0 unspecified atom stereocenters. The first-order valence-electron chi connectivity index (χ1n) is 5.86. The normalized spacial score (nSPS) is 9.95. The monoisotopic (exact) mass is 292 g/mol. The minimum atomic E-state index is 0.605. The summed E-state index contributed by atoms with van der Waals surface area (Å²) < 4.78 is 5.54. The molecule has 0 aliphatic rings. The topological polar surface area (TPSA) is 45.0 Å². The molecular formula is C14H13ClN2OS. The van der Waals surface area contributed by atoms with Gasteiger partial charge in [0.2, 0.25) is 0 Å². The average molecular weight is 293 g/mol. The zero-order valence-electron chi connectivity index (χ0n) is 10.4. The molecule has 0 amide bonds. The van der Waals surface area contributed by atoms with Gasteiger partial charge in [0.25, 0.3) is 0 Å². The molecule has 98 valence electrons. The van der Waals surface area contributed by atoms with E-state index < -0.39 is 0 Å². The first kappa shape index (κ1) is 13.7. The Balaban J connectivity index is 2.09. The third-order valence-electron chi connectivity index (χ3n) is 2.48. The molecule has 1 aromatic heterocycles. The maximum absolute atomic E-state index is 8.79. The Morgan fingerprint density at radius 2 is 2.26 bits per heavy atom. The van der Waals surface area contributed by atoms with Gasteiger partial charge in [-0.15, -0.1) is 11.3 Å². The average Bonchev–Trinajstić information content (AvgIpc) is 2.87. The van der Waals surface area contributed by atoms with Crippen molar-refractivity contribution in [1.29, 1.82) is 5.26 Å². The summed E-state index contributed by atoms with van der Waals surface area (Å²) in [5, 5.41) is 14.6. The predicted octanol–water partition coefficient (Wildman–Crippen LogP) is 4.28. The number of halogens is 1. The van der Waals surface area contributed by atoms with Gasteiger partial charge < -0.3 is 10.1 Å². The number of hydrogen-bond donors (Lipinski definition) is 1. The molecule has 0 radical (unpaired) electrons. The van der Waals surface area contributed by atoms with Crippen molar-refractivity contribution in [2.45, 2.75) is 13.5 Å². The van der Waals surface area contributed by atoms with Crippen LogP contribution in [0.5, 0.6) is 5.75 Å². The molecule has 1 N–H and O–H groups in total. The van der Waals surface area contributed by atoms with Crippen LogP contribution >= 0.6 is 22.9 Å². The quantitative estimate of drug-likeness (QED) is 0.894. The summed E-state index contributed by atoms with van der Waals surface area (Å²) in [6.45, 7) is 3.19. The van der Waals surface area contributed by atoms with Crippen LogP contribution in [0, 0.1) is 11.3 Å². The first-order chi connectivity index (χ1) is 9.22. The Morgan fingerprint density at radius 3 is 2.95 bits per heavy atom. The zero-order chi connectivity index (χ0) is 13.7. The maximum Gasteiger partial charge on any atom is 0.142 e. The van der Waals surface area contributed by atoms with Crippen molar-refractivity contribution in [3.05, 3.63) is 45.1 Å². The van der Waals surface area contributed by atoms with Crippen LogP contribution in [0.2, 0.25) is 5.02 Å². The van der Waals surface area contributed by atoms with Crippen molar-refractivity contribution in [3.63, 3.8) is 0 Å². The van der Waals surface area contributed by atoms with E-state index in [-0.39, 0.29) is 0 Å². The van der Waals surface area contributed by atoms with Crippen LogP contribution < -0.4 is 10.1 Å². The van der Waals surface area contributed by atoms with Gasteiger partial charge in [-0.2, -0.15) is 5.26 Å². The second-order valence-corrected chi connectivity index (χ2v) is 5.27. The van der Waals surface area contributed by atoms with Gasteiger partial charge in [-0.25, -0.2) is 0 Å². The van der Waals surface area contributed by atoms with Gasteiger partial charge in [-0.05, 0) is 31.2 Å². The maximum atomic E-state index is 8.79. The molecule has 19 heavy (non-hydrogen) atoms. The number of hydrogen-bond acceptors (Lipinski definition) is 4. The van der Waals surface area contributed by atoms with Gasteiger partial charge in [0.15, 0.2) is 0 Å². The lowest BCUT2D eigenvalue weighted by molar-refractivity contribution is 0.341. The summed E-state index contributed by atoms with van der Waals surface area (Å²) in [5.41, 5.74) is 1.55. The van der Waals surface area contributed by atoms with Crippen LogP contribution in [-0.2, 0) is 6.54 Å². The van der Waals surface area contributed by atoms with Crippen LogP contribution in [0.1, 0.15) is 17.4 Å². The van der Waals surface area contributed by atoms with Crippen LogP contribution in [0.25, 0.3) is 0 Å². The standard InChI is InChI=1S/C14H13ClN2OS/c1-2-18-14-4-3-11(15)6-13(14)17-8-12-5-10(7-16)9-19-12/h3-6,9,17H,2,8H2,1H3. The van der Waals surface area contributed by atoms with E-state index in [9.17, 15) is 0 Å². The molecule has 5 heteroatoms. The molecule has 0 saturated carbocycles. The lowest BCUT2D eigenvalue weighted by atomic mass is 10.2. The minimum absolute atomic E-state index is 0.605. The van der Waals surface area contributed by atoms with Crippen molar-refractivity contribution in [2.24, 2.45) is 0 Å². The smallest absolute Gasteiger partial charge is 0.142 e. The first-order valence-corrected chi connectivity index (χ1v) is 7.12. The fraction of sp³-hybridized carbons (Fsp3) is 0.214. The molecule has 0 aliphatic carbocycles. The third kappa shape index (κ3) is 3.63. The number of anilines is 1. The molecule has 0 bridgehead atoms. The Morgan fingerprint density at radius 1 is 1.42 bits per heavy atom. The van der Waals surface area contributed by atoms with E-state index in [0.717, 1.165) is 16.3 Å². The lowest BCUT2D eigenvalue weighted by Gasteiger charge is -2.12. The molecule has 2 rings (SSSR count). The lowest BCUT2D eigenvalue weighted by Crippen LogP contribution is -2.01. The van der Waals surface area contributed by atoms with Crippen LogP contribution in [-0.4, -0.2) is 6.61 Å². The van der Waals surface area contributed by atoms with Gasteiger partial charge in [-0.1, -0.05) is 11.6 Å². The van der Waals surface area contributed by atoms with Gasteiger partial charge in [0, 0.05) is 21.8 Å². The highest BCUT2D eigenvalue weighted by Gasteiger charge is 2.05. The molecule has 2 aromatic rings. The number of nitriles is 1. The Kier molecular flexibility index (Phi) is 4.67. The highest BCUT2D eigenvalue weighted by Crippen LogP contribution is 2.29. The second kappa shape index (κ2) is 6.46. The van der Waals surface area contributed by atoms with Crippen molar-refractivity contribution in [3.8, 4) is 11.8 Å². The SMILES string of the molecule is CCOc1ccc(Cl)cc1NCc1cc(C#N)cs1. The summed E-state index contributed by atoms with van der Waals surface area (Å²) in [5.74, 6) is 0.781. The second-order valence-electron chi connectivity index (χ2n) is 3.84. The molecule has 0 fully saturated rings. The minimum Gasteiger partial charge on any atom is -0.492 e.